The number of rotatable bonds is 3. The van der Waals surface area contributed by atoms with Crippen molar-refractivity contribution in [3.8, 4) is 0 Å². The molecule has 0 aliphatic carbocycles. The van der Waals surface area contributed by atoms with Gasteiger partial charge in [-0.1, -0.05) is 0 Å². The molecule has 0 fully saturated rings. The predicted molar refractivity (Wildman–Crippen MR) is 55.0 cm³/mol. The molecule has 3 nitrogen and oxygen atoms in total. The van der Waals surface area contributed by atoms with Gasteiger partial charge in [0.25, 0.3) is 6.43 Å². The molecule has 1 aromatic heterocycles. The van der Waals surface area contributed by atoms with E-state index in [0.717, 1.165) is 17.0 Å². The maximum atomic E-state index is 12.6. The van der Waals surface area contributed by atoms with E-state index in [4.69, 9.17) is 5.73 Å². The second kappa shape index (κ2) is 3.89. The van der Waals surface area contributed by atoms with E-state index in [-0.39, 0.29) is 6.42 Å². The van der Waals surface area contributed by atoms with Crippen LogP contribution in [0, 0.1) is 13.8 Å². The lowest BCUT2D eigenvalue weighted by Crippen LogP contribution is -2.46. The van der Waals surface area contributed by atoms with Gasteiger partial charge < -0.3 is 5.73 Å². The summed E-state index contributed by atoms with van der Waals surface area (Å²) in [6, 6.07) is 0. The fourth-order valence-electron chi connectivity index (χ4n) is 1.53. The Balaban J connectivity index is 2.99. The number of nitrogens with zero attached hydrogens (tertiary/aromatic N) is 2. The van der Waals surface area contributed by atoms with Gasteiger partial charge in [0.05, 0.1) is 11.2 Å². The van der Waals surface area contributed by atoms with Crippen LogP contribution in [0.1, 0.15) is 23.9 Å². The summed E-state index contributed by atoms with van der Waals surface area (Å²) < 4.78 is 26.9. The van der Waals surface area contributed by atoms with Gasteiger partial charge in [0, 0.05) is 12.7 Å². The van der Waals surface area contributed by atoms with Crippen LogP contribution in [0.15, 0.2) is 0 Å². The molecule has 15 heavy (non-hydrogen) atoms. The van der Waals surface area contributed by atoms with E-state index in [1.807, 2.05) is 13.8 Å². The molecule has 0 bridgehead atoms. The lowest BCUT2D eigenvalue weighted by molar-refractivity contribution is 0.0638. The number of alkyl halides is 2. The third kappa shape index (κ3) is 2.34. The highest BCUT2D eigenvalue weighted by Crippen LogP contribution is 2.22. The summed E-state index contributed by atoms with van der Waals surface area (Å²) in [5, 5.41) is 4.17. The molecule has 0 saturated carbocycles. The monoisotopic (exact) mass is 217 g/mol. The number of nitrogens with two attached hydrogens (primary N) is 1. The Morgan fingerprint density at radius 1 is 1.47 bits per heavy atom. The molecule has 0 aliphatic heterocycles. The fourth-order valence-corrected chi connectivity index (χ4v) is 1.53. The van der Waals surface area contributed by atoms with Crippen LogP contribution in [0.3, 0.4) is 0 Å². The predicted octanol–water partition coefficient (Wildman–Crippen LogP) is 1.56. The molecular weight excluding hydrogens is 200 g/mol. The van der Waals surface area contributed by atoms with E-state index in [0.29, 0.717) is 0 Å². The average molecular weight is 217 g/mol. The topological polar surface area (TPSA) is 43.8 Å². The van der Waals surface area contributed by atoms with E-state index in [1.165, 1.54) is 6.92 Å². The van der Waals surface area contributed by atoms with Crippen molar-refractivity contribution in [1.29, 1.82) is 0 Å². The summed E-state index contributed by atoms with van der Waals surface area (Å²) in [5.41, 5.74) is 6.55. The fraction of sp³-hybridized carbons (Fsp3) is 0.700. The Bertz CT molecular complexity index is 356. The number of hydrogen-bond acceptors (Lipinski definition) is 2. The maximum absolute atomic E-state index is 12.6. The van der Waals surface area contributed by atoms with Crippen LogP contribution >= 0.6 is 0 Å². The smallest absolute Gasteiger partial charge is 0.256 e. The van der Waals surface area contributed by atoms with Crippen LogP contribution < -0.4 is 5.73 Å². The number of hydrogen-bond donors (Lipinski definition) is 1. The minimum absolute atomic E-state index is 0.149. The van der Waals surface area contributed by atoms with E-state index < -0.39 is 12.0 Å². The summed E-state index contributed by atoms with van der Waals surface area (Å²) in [6.07, 6.45) is -2.38. The standard InChI is InChI=1S/C10H17F2N3/c1-6-8(7(2)15(4)14-6)5-10(3,13)9(11)12/h9H,5,13H2,1-4H3. The molecule has 0 radical (unpaired) electrons. The van der Waals surface area contributed by atoms with Crippen molar-refractivity contribution in [3.05, 3.63) is 17.0 Å². The first-order valence-electron chi connectivity index (χ1n) is 4.82. The second-order valence-corrected chi connectivity index (χ2v) is 4.26. The molecule has 0 aromatic carbocycles. The van der Waals surface area contributed by atoms with Crippen molar-refractivity contribution in [2.45, 2.75) is 39.2 Å². The summed E-state index contributed by atoms with van der Waals surface area (Å²) in [5.74, 6) is 0. The van der Waals surface area contributed by atoms with Crippen molar-refractivity contribution in [2.75, 3.05) is 0 Å². The first-order valence-corrected chi connectivity index (χ1v) is 4.82. The number of halogens is 2. The molecule has 86 valence electrons. The lowest BCUT2D eigenvalue weighted by atomic mass is 9.93. The molecule has 0 amide bonds. The van der Waals surface area contributed by atoms with Gasteiger partial charge in [-0.3, -0.25) is 4.68 Å². The summed E-state index contributed by atoms with van der Waals surface area (Å²) in [6.45, 7) is 5.03. The van der Waals surface area contributed by atoms with Crippen molar-refractivity contribution in [1.82, 2.24) is 9.78 Å². The van der Waals surface area contributed by atoms with E-state index in [1.54, 1.807) is 11.7 Å². The van der Waals surface area contributed by atoms with Gasteiger partial charge in [0.15, 0.2) is 0 Å². The van der Waals surface area contributed by atoms with Crippen LogP contribution in [0.25, 0.3) is 0 Å². The molecule has 0 saturated heterocycles. The summed E-state index contributed by atoms with van der Waals surface area (Å²) in [4.78, 5) is 0. The SMILES string of the molecule is Cc1nn(C)c(C)c1CC(C)(N)C(F)F. The van der Waals surface area contributed by atoms with E-state index in [2.05, 4.69) is 5.10 Å². The third-order valence-electron chi connectivity index (χ3n) is 2.72. The van der Waals surface area contributed by atoms with Gasteiger partial charge in [-0.25, -0.2) is 8.78 Å². The maximum Gasteiger partial charge on any atom is 0.256 e. The molecule has 0 aliphatic rings. The molecule has 5 heteroatoms. The molecule has 0 spiro atoms. The van der Waals surface area contributed by atoms with Gasteiger partial charge in [0.1, 0.15) is 0 Å². The van der Waals surface area contributed by atoms with Gasteiger partial charge in [-0.15, -0.1) is 0 Å². The molecule has 1 unspecified atom stereocenters. The lowest BCUT2D eigenvalue weighted by Gasteiger charge is -2.23. The van der Waals surface area contributed by atoms with Crippen molar-refractivity contribution in [2.24, 2.45) is 12.8 Å². The van der Waals surface area contributed by atoms with Crippen LogP contribution in [0.4, 0.5) is 8.78 Å². The average Bonchev–Trinajstić information content (AvgIpc) is 2.32. The number of aryl methyl sites for hydroxylation is 2. The number of aromatic nitrogens is 2. The molecule has 1 aromatic rings. The minimum atomic E-state index is -2.53. The highest BCUT2D eigenvalue weighted by Gasteiger charge is 2.32. The zero-order valence-corrected chi connectivity index (χ0v) is 9.51. The van der Waals surface area contributed by atoms with Gasteiger partial charge in [-0.2, -0.15) is 5.10 Å². The van der Waals surface area contributed by atoms with Crippen LogP contribution in [-0.2, 0) is 13.5 Å². The highest BCUT2D eigenvalue weighted by molar-refractivity contribution is 5.26. The third-order valence-corrected chi connectivity index (χ3v) is 2.72. The van der Waals surface area contributed by atoms with Crippen LogP contribution in [0.5, 0.6) is 0 Å². The first-order chi connectivity index (χ1) is 6.75. The second-order valence-electron chi connectivity index (χ2n) is 4.26. The zero-order chi connectivity index (χ0) is 11.8. The minimum Gasteiger partial charge on any atom is -0.320 e. The van der Waals surface area contributed by atoms with E-state index >= 15 is 0 Å². The quantitative estimate of drug-likeness (QED) is 0.835. The summed E-state index contributed by atoms with van der Waals surface area (Å²) >= 11 is 0. The molecule has 2 N–H and O–H groups in total. The largest absolute Gasteiger partial charge is 0.320 e. The Morgan fingerprint density at radius 3 is 2.33 bits per heavy atom. The molecule has 1 atom stereocenters. The Kier molecular flexibility index (Phi) is 3.13. The van der Waals surface area contributed by atoms with Crippen molar-refractivity contribution < 1.29 is 8.78 Å². The van der Waals surface area contributed by atoms with Crippen LogP contribution in [-0.4, -0.2) is 21.7 Å². The first kappa shape index (κ1) is 12.1. The van der Waals surface area contributed by atoms with Crippen LogP contribution in [0.2, 0.25) is 0 Å². The van der Waals surface area contributed by atoms with Gasteiger partial charge >= 0.3 is 0 Å². The zero-order valence-electron chi connectivity index (χ0n) is 9.51. The molecule has 1 heterocycles. The van der Waals surface area contributed by atoms with Gasteiger partial charge in [0.2, 0.25) is 0 Å². The highest BCUT2D eigenvalue weighted by atomic mass is 19.3. The Morgan fingerprint density at radius 2 is 2.00 bits per heavy atom. The Labute approximate surface area is 88.3 Å². The molecule has 1 rings (SSSR count). The molecular formula is C10H17F2N3. The van der Waals surface area contributed by atoms with Crippen molar-refractivity contribution in [3.63, 3.8) is 0 Å². The van der Waals surface area contributed by atoms with Gasteiger partial charge in [-0.05, 0) is 32.8 Å². The Hall–Kier alpha value is -0.970. The van der Waals surface area contributed by atoms with E-state index in [9.17, 15) is 8.78 Å². The normalized spacial score (nSPS) is 15.7. The van der Waals surface area contributed by atoms with Crippen molar-refractivity contribution >= 4 is 0 Å². The summed E-state index contributed by atoms with van der Waals surface area (Å²) in [7, 11) is 1.79.